The van der Waals surface area contributed by atoms with Crippen molar-refractivity contribution in [1.82, 2.24) is 9.88 Å². The molecule has 0 aliphatic carbocycles. The average Bonchev–Trinajstić information content (AvgIpc) is 3.01. The molecule has 28 heavy (non-hydrogen) atoms. The van der Waals surface area contributed by atoms with Gasteiger partial charge in [-0.2, -0.15) is 13.2 Å². The van der Waals surface area contributed by atoms with E-state index in [-0.39, 0.29) is 11.6 Å². The Balaban J connectivity index is 1.82. The monoisotopic (exact) mass is 411 g/mol. The summed E-state index contributed by atoms with van der Waals surface area (Å²) in [4.78, 5) is 20.3. The zero-order valence-corrected chi connectivity index (χ0v) is 17.0. The van der Waals surface area contributed by atoms with Crippen LogP contribution in [0.15, 0.2) is 29.6 Å². The van der Waals surface area contributed by atoms with Crippen molar-refractivity contribution >= 4 is 28.1 Å². The first kappa shape index (κ1) is 20.8. The lowest BCUT2D eigenvalue weighted by Crippen LogP contribution is -2.38. The highest BCUT2D eigenvalue weighted by molar-refractivity contribution is 7.14. The van der Waals surface area contributed by atoms with Gasteiger partial charge in [0.05, 0.1) is 16.9 Å². The van der Waals surface area contributed by atoms with Crippen LogP contribution in [-0.4, -0.2) is 28.9 Å². The number of thiazole rings is 1. The predicted octanol–water partition coefficient (Wildman–Crippen LogP) is 5.32. The Kier molecular flexibility index (Phi) is 6.09. The van der Waals surface area contributed by atoms with E-state index in [1.54, 1.807) is 0 Å². The number of likely N-dealkylation sites (tertiary alicyclic amines) is 1. The molecule has 1 saturated heterocycles. The topological polar surface area (TPSA) is 36.4 Å². The van der Waals surface area contributed by atoms with Crippen molar-refractivity contribution in [3.05, 3.63) is 40.9 Å². The highest BCUT2D eigenvalue weighted by atomic mass is 32.1. The Morgan fingerprint density at radius 1 is 1.29 bits per heavy atom. The summed E-state index contributed by atoms with van der Waals surface area (Å²) in [5.74, 6) is 0.877. The van der Waals surface area contributed by atoms with Crippen molar-refractivity contribution in [2.45, 2.75) is 39.9 Å². The van der Waals surface area contributed by atoms with Gasteiger partial charge < -0.3 is 0 Å². The van der Waals surface area contributed by atoms with Crippen LogP contribution in [0.2, 0.25) is 0 Å². The quantitative estimate of drug-likeness (QED) is 0.683. The molecule has 1 aliphatic heterocycles. The SMILES string of the molecule is CC(=O)N(c1cccc(C(F)(F)F)c1)c1nc(CN2C[C@H](C)C[C@@H](C)C2)cs1. The van der Waals surface area contributed by atoms with Gasteiger partial charge in [0.1, 0.15) is 0 Å². The van der Waals surface area contributed by atoms with E-state index in [2.05, 4.69) is 23.7 Å². The first-order valence-corrected chi connectivity index (χ1v) is 10.2. The van der Waals surface area contributed by atoms with E-state index in [4.69, 9.17) is 0 Å². The summed E-state index contributed by atoms with van der Waals surface area (Å²) in [6.07, 6.45) is -3.25. The summed E-state index contributed by atoms with van der Waals surface area (Å²) >= 11 is 1.27. The molecule has 0 radical (unpaired) electrons. The van der Waals surface area contributed by atoms with Gasteiger partial charge in [-0.3, -0.25) is 14.6 Å². The number of carbonyl (C=O) groups is 1. The number of hydrogen-bond acceptors (Lipinski definition) is 4. The van der Waals surface area contributed by atoms with Crippen LogP contribution in [0.1, 0.15) is 38.4 Å². The average molecular weight is 411 g/mol. The molecule has 0 unspecified atom stereocenters. The van der Waals surface area contributed by atoms with Crippen LogP contribution >= 0.6 is 11.3 Å². The number of benzene rings is 1. The Labute approximate surface area is 167 Å². The number of nitrogens with zero attached hydrogens (tertiary/aromatic N) is 3. The molecule has 0 N–H and O–H groups in total. The number of carbonyl (C=O) groups excluding carboxylic acids is 1. The van der Waals surface area contributed by atoms with Crippen LogP contribution in [0.25, 0.3) is 0 Å². The molecule has 3 rings (SSSR count). The molecule has 0 spiro atoms. The minimum atomic E-state index is -4.46. The highest BCUT2D eigenvalue weighted by Gasteiger charge is 2.31. The third-order valence-electron chi connectivity index (χ3n) is 4.81. The molecular weight excluding hydrogens is 387 g/mol. The van der Waals surface area contributed by atoms with Crippen molar-refractivity contribution in [3.8, 4) is 0 Å². The summed E-state index contributed by atoms with van der Waals surface area (Å²) in [5.41, 5.74) is 0.215. The fourth-order valence-corrected chi connectivity index (χ4v) is 4.75. The molecule has 1 amide bonds. The van der Waals surface area contributed by atoms with Gasteiger partial charge in [-0.25, -0.2) is 4.98 Å². The fraction of sp³-hybridized carbons (Fsp3) is 0.500. The molecule has 2 aromatic rings. The molecule has 1 aromatic carbocycles. The minimum Gasteiger partial charge on any atom is -0.297 e. The maximum atomic E-state index is 13.0. The van der Waals surface area contributed by atoms with Crippen molar-refractivity contribution in [2.75, 3.05) is 18.0 Å². The van der Waals surface area contributed by atoms with Crippen LogP contribution in [0, 0.1) is 11.8 Å². The number of piperidine rings is 1. The van der Waals surface area contributed by atoms with Gasteiger partial charge >= 0.3 is 6.18 Å². The lowest BCUT2D eigenvalue weighted by Gasteiger charge is -2.34. The molecule has 8 heteroatoms. The molecule has 1 aliphatic rings. The number of anilines is 2. The molecular formula is C20H24F3N3OS. The Bertz CT molecular complexity index is 826. The van der Waals surface area contributed by atoms with Crippen LogP contribution in [-0.2, 0) is 17.5 Å². The van der Waals surface area contributed by atoms with E-state index in [1.165, 1.54) is 41.7 Å². The molecule has 2 heterocycles. The van der Waals surface area contributed by atoms with Gasteiger partial charge in [0.25, 0.3) is 0 Å². The van der Waals surface area contributed by atoms with E-state index in [9.17, 15) is 18.0 Å². The van der Waals surface area contributed by atoms with Crippen molar-refractivity contribution in [2.24, 2.45) is 11.8 Å². The standard InChI is InChI=1S/C20H24F3N3OS/c1-13-7-14(2)10-25(9-13)11-17-12-28-19(24-17)26(15(3)27)18-6-4-5-16(8-18)20(21,22)23/h4-6,8,12-14H,7,9-11H2,1-3H3/t13-,14-/m1/s1. The second-order valence-electron chi connectivity index (χ2n) is 7.66. The van der Waals surface area contributed by atoms with Gasteiger partial charge in [-0.15, -0.1) is 11.3 Å². The van der Waals surface area contributed by atoms with Crippen molar-refractivity contribution in [1.29, 1.82) is 0 Å². The van der Waals surface area contributed by atoms with Crippen LogP contribution in [0.5, 0.6) is 0 Å². The third kappa shape index (κ3) is 4.91. The second kappa shape index (κ2) is 8.21. The molecule has 1 fully saturated rings. The van der Waals surface area contributed by atoms with E-state index < -0.39 is 11.7 Å². The Morgan fingerprint density at radius 2 is 1.96 bits per heavy atom. The lowest BCUT2D eigenvalue weighted by atomic mass is 9.92. The zero-order valence-electron chi connectivity index (χ0n) is 16.2. The van der Waals surface area contributed by atoms with E-state index in [0.29, 0.717) is 23.5 Å². The van der Waals surface area contributed by atoms with Crippen molar-refractivity contribution in [3.63, 3.8) is 0 Å². The Hall–Kier alpha value is -1.93. The third-order valence-corrected chi connectivity index (χ3v) is 5.68. The number of amides is 1. The normalized spacial score (nSPS) is 20.9. The van der Waals surface area contributed by atoms with E-state index in [1.807, 2.05) is 5.38 Å². The van der Waals surface area contributed by atoms with Gasteiger partial charge in [0, 0.05) is 31.9 Å². The van der Waals surface area contributed by atoms with Gasteiger partial charge in [-0.05, 0) is 36.5 Å². The first-order valence-electron chi connectivity index (χ1n) is 9.28. The van der Waals surface area contributed by atoms with E-state index >= 15 is 0 Å². The maximum Gasteiger partial charge on any atom is 0.416 e. The number of rotatable bonds is 4. The number of alkyl halides is 3. The number of hydrogen-bond donors (Lipinski definition) is 0. The molecule has 0 bridgehead atoms. The maximum absolute atomic E-state index is 13.0. The molecule has 0 saturated carbocycles. The van der Waals surface area contributed by atoms with Crippen molar-refractivity contribution < 1.29 is 18.0 Å². The Morgan fingerprint density at radius 3 is 2.57 bits per heavy atom. The largest absolute Gasteiger partial charge is 0.416 e. The van der Waals surface area contributed by atoms with Gasteiger partial charge in [0.15, 0.2) is 5.13 Å². The molecule has 152 valence electrons. The smallest absolute Gasteiger partial charge is 0.297 e. The molecule has 2 atom stereocenters. The van der Waals surface area contributed by atoms with E-state index in [0.717, 1.165) is 30.9 Å². The molecule has 4 nitrogen and oxygen atoms in total. The lowest BCUT2D eigenvalue weighted by molar-refractivity contribution is -0.137. The van der Waals surface area contributed by atoms with Gasteiger partial charge in [-0.1, -0.05) is 19.9 Å². The second-order valence-corrected chi connectivity index (χ2v) is 8.50. The number of halogens is 3. The summed E-state index contributed by atoms with van der Waals surface area (Å²) < 4.78 is 39.1. The minimum absolute atomic E-state index is 0.170. The van der Waals surface area contributed by atoms with Crippen LogP contribution in [0.3, 0.4) is 0 Å². The number of aromatic nitrogens is 1. The summed E-state index contributed by atoms with van der Waals surface area (Å²) in [6, 6.07) is 4.77. The summed E-state index contributed by atoms with van der Waals surface area (Å²) in [6.45, 7) is 8.48. The van der Waals surface area contributed by atoms with Crippen LogP contribution < -0.4 is 4.90 Å². The molecule has 1 aromatic heterocycles. The highest BCUT2D eigenvalue weighted by Crippen LogP contribution is 2.35. The zero-order chi connectivity index (χ0) is 20.5. The summed E-state index contributed by atoms with van der Waals surface area (Å²) in [7, 11) is 0. The predicted molar refractivity (Wildman–Crippen MR) is 105 cm³/mol. The fourth-order valence-electron chi connectivity index (χ4n) is 3.87. The summed E-state index contributed by atoms with van der Waals surface area (Å²) in [5, 5.41) is 2.27. The van der Waals surface area contributed by atoms with Gasteiger partial charge in [0.2, 0.25) is 5.91 Å². The van der Waals surface area contributed by atoms with Crippen LogP contribution in [0.4, 0.5) is 24.0 Å². The first-order chi connectivity index (χ1) is 13.1.